The van der Waals surface area contributed by atoms with Crippen LogP contribution >= 0.6 is 0 Å². The number of hydrogen-bond donors (Lipinski definition) is 1. The maximum atomic E-state index is 12.9. The molecule has 0 aromatic heterocycles. The lowest BCUT2D eigenvalue weighted by atomic mass is 10.1. The molecule has 0 atom stereocenters. The lowest BCUT2D eigenvalue weighted by Gasteiger charge is -2.31. The van der Waals surface area contributed by atoms with E-state index in [4.69, 9.17) is 4.74 Å². The number of sulfonamides is 1. The molecule has 3 amide bonds. The van der Waals surface area contributed by atoms with Gasteiger partial charge in [0, 0.05) is 37.4 Å². The Morgan fingerprint density at radius 1 is 1.00 bits per heavy atom. The van der Waals surface area contributed by atoms with E-state index < -0.39 is 15.9 Å². The van der Waals surface area contributed by atoms with Gasteiger partial charge >= 0.3 is 0 Å². The third-order valence-corrected chi connectivity index (χ3v) is 8.55. The minimum absolute atomic E-state index is 0.124. The lowest BCUT2D eigenvalue weighted by molar-refractivity contribution is -0.131. The molecule has 0 radical (unpaired) electrons. The molecule has 1 N–H and O–H groups in total. The quantitative estimate of drug-likeness (QED) is 0.563. The average molecular weight is 529 g/mol. The van der Waals surface area contributed by atoms with Crippen molar-refractivity contribution in [3.63, 3.8) is 0 Å². The summed E-state index contributed by atoms with van der Waals surface area (Å²) in [5, 5.41) is 2.78. The highest BCUT2D eigenvalue weighted by molar-refractivity contribution is 7.89. The Kier molecular flexibility index (Phi) is 8.13. The van der Waals surface area contributed by atoms with Gasteiger partial charge in [-0.2, -0.15) is 4.31 Å². The standard InChI is InChI=1S/C26H32N4O6S/c1-3-28(4-2)24(31)17-30-22-16-20(10-13-23(22)36-18-25(30)32)27-26(33)19-8-11-21(12-9-19)37(34,35)29-14-6-5-7-15-29/h8-13,16H,3-7,14-15,17-18H2,1-2H3,(H,27,33). The van der Waals surface area contributed by atoms with Crippen molar-refractivity contribution in [3.05, 3.63) is 48.0 Å². The van der Waals surface area contributed by atoms with Crippen LogP contribution in [0.1, 0.15) is 43.5 Å². The van der Waals surface area contributed by atoms with Gasteiger partial charge in [-0.3, -0.25) is 19.3 Å². The van der Waals surface area contributed by atoms with E-state index >= 15 is 0 Å². The molecule has 1 saturated heterocycles. The second-order valence-electron chi connectivity index (χ2n) is 8.96. The summed E-state index contributed by atoms with van der Waals surface area (Å²) in [5.41, 5.74) is 1.10. The summed E-state index contributed by atoms with van der Waals surface area (Å²) in [6.45, 7) is 5.54. The first-order valence-corrected chi connectivity index (χ1v) is 13.9. The molecule has 198 valence electrons. The molecule has 4 rings (SSSR count). The molecule has 1 fully saturated rings. The number of amides is 3. The van der Waals surface area contributed by atoms with Crippen molar-refractivity contribution >= 4 is 39.1 Å². The largest absolute Gasteiger partial charge is 0.482 e. The average Bonchev–Trinajstić information content (AvgIpc) is 2.91. The number of carbonyl (C=O) groups is 3. The smallest absolute Gasteiger partial charge is 0.265 e. The van der Waals surface area contributed by atoms with Crippen LogP contribution in [0, 0.1) is 0 Å². The van der Waals surface area contributed by atoms with Crippen LogP contribution in [0.4, 0.5) is 11.4 Å². The van der Waals surface area contributed by atoms with Crippen LogP contribution in [0.15, 0.2) is 47.4 Å². The number of fused-ring (bicyclic) bond motifs is 1. The van der Waals surface area contributed by atoms with Crippen LogP contribution in [0.25, 0.3) is 0 Å². The summed E-state index contributed by atoms with van der Waals surface area (Å²) in [7, 11) is -3.59. The van der Waals surface area contributed by atoms with Crippen molar-refractivity contribution in [1.82, 2.24) is 9.21 Å². The van der Waals surface area contributed by atoms with Crippen LogP contribution in [-0.4, -0.2) is 74.7 Å². The zero-order valence-electron chi connectivity index (χ0n) is 21.1. The maximum Gasteiger partial charge on any atom is 0.265 e. The van der Waals surface area contributed by atoms with Crippen molar-refractivity contribution in [3.8, 4) is 5.75 Å². The monoisotopic (exact) mass is 528 g/mol. The van der Waals surface area contributed by atoms with E-state index in [1.165, 1.54) is 33.5 Å². The van der Waals surface area contributed by atoms with Crippen LogP contribution in [0.2, 0.25) is 0 Å². The molecule has 0 spiro atoms. The second-order valence-corrected chi connectivity index (χ2v) is 10.9. The molecule has 2 aromatic carbocycles. The predicted octanol–water partition coefficient (Wildman–Crippen LogP) is 2.71. The van der Waals surface area contributed by atoms with E-state index in [1.807, 2.05) is 13.8 Å². The first-order chi connectivity index (χ1) is 17.7. The molecule has 37 heavy (non-hydrogen) atoms. The van der Waals surface area contributed by atoms with Crippen LogP contribution in [0.5, 0.6) is 5.75 Å². The summed E-state index contributed by atoms with van der Waals surface area (Å²) < 4.78 is 32.7. The van der Waals surface area contributed by atoms with Crippen LogP contribution < -0.4 is 15.0 Å². The molecule has 2 aliphatic rings. The van der Waals surface area contributed by atoms with Crippen LogP contribution in [-0.2, 0) is 19.6 Å². The second kappa shape index (κ2) is 11.3. The van der Waals surface area contributed by atoms with Gasteiger partial charge in [-0.15, -0.1) is 0 Å². The number of nitrogens with zero attached hydrogens (tertiary/aromatic N) is 3. The third kappa shape index (κ3) is 5.78. The highest BCUT2D eigenvalue weighted by Gasteiger charge is 2.29. The minimum atomic E-state index is -3.59. The SMILES string of the molecule is CCN(CC)C(=O)CN1C(=O)COc2ccc(NC(=O)c3ccc(S(=O)(=O)N4CCCCC4)cc3)cc21. The molecule has 2 aromatic rings. The zero-order valence-corrected chi connectivity index (χ0v) is 21.9. The van der Waals surface area contributed by atoms with Gasteiger partial charge in [0.15, 0.2) is 6.61 Å². The lowest BCUT2D eigenvalue weighted by Crippen LogP contribution is -2.46. The number of carbonyl (C=O) groups excluding carboxylic acids is 3. The highest BCUT2D eigenvalue weighted by atomic mass is 32.2. The zero-order chi connectivity index (χ0) is 26.6. The fourth-order valence-corrected chi connectivity index (χ4v) is 6.02. The number of likely N-dealkylation sites (N-methyl/N-ethyl adjacent to an activating group) is 1. The summed E-state index contributed by atoms with van der Waals surface area (Å²) in [6.07, 6.45) is 2.72. The Hall–Kier alpha value is -3.44. The predicted molar refractivity (Wildman–Crippen MR) is 139 cm³/mol. The van der Waals surface area contributed by atoms with Gasteiger partial charge in [-0.05, 0) is 69.2 Å². The number of anilines is 2. The fraction of sp³-hybridized carbons (Fsp3) is 0.423. The molecule has 0 aliphatic carbocycles. The Bertz CT molecular complexity index is 1270. The molecule has 2 heterocycles. The molecular formula is C26H32N4O6S. The molecule has 2 aliphatic heterocycles. The Morgan fingerprint density at radius 3 is 2.32 bits per heavy atom. The van der Waals surface area contributed by atoms with Gasteiger partial charge in [-0.25, -0.2) is 8.42 Å². The van der Waals surface area contributed by atoms with E-state index in [0.29, 0.717) is 43.3 Å². The summed E-state index contributed by atoms with van der Waals surface area (Å²) in [6, 6.07) is 10.7. The number of nitrogens with one attached hydrogen (secondary N) is 1. The topological polar surface area (TPSA) is 116 Å². The minimum Gasteiger partial charge on any atom is -0.482 e. The molecule has 0 bridgehead atoms. The normalized spacial score (nSPS) is 16.1. The van der Waals surface area contributed by atoms with Crippen molar-refractivity contribution in [2.75, 3.05) is 49.5 Å². The summed E-state index contributed by atoms with van der Waals surface area (Å²) >= 11 is 0. The number of piperidine rings is 1. The molecule has 0 saturated carbocycles. The van der Waals surface area contributed by atoms with Crippen LogP contribution in [0.3, 0.4) is 0 Å². The number of hydrogen-bond acceptors (Lipinski definition) is 6. The van der Waals surface area contributed by atoms with Gasteiger partial charge in [-0.1, -0.05) is 6.42 Å². The maximum absolute atomic E-state index is 12.9. The van der Waals surface area contributed by atoms with Crippen molar-refractivity contribution in [2.45, 2.75) is 38.0 Å². The number of rotatable bonds is 8. The van der Waals surface area contributed by atoms with Crippen molar-refractivity contribution in [2.24, 2.45) is 0 Å². The van der Waals surface area contributed by atoms with E-state index in [1.54, 1.807) is 23.1 Å². The number of ether oxygens (including phenoxy) is 1. The Balaban J connectivity index is 1.49. The molecule has 11 heteroatoms. The van der Waals surface area contributed by atoms with E-state index in [0.717, 1.165) is 19.3 Å². The number of benzene rings is 2. The molecule has 0 unspecified atom stereocenters. The third-order valence-electron chi connectivity index (χ3n) is 6.64. The highest BCUT2D eigenvalue weighted by Crippen LogP contribution is 2.35. The van der Waals surface area contributed by atoms with E-state index in [2.05, 4.69) is 5.32 Å². The van der Waals surface area contributed by atoms with Gasteiger partial charge in [0.05, 0.1) is 10.6 Å². The van der Waals surface area contributed by atoms with Gasteiger partial charge in [0.25, 0.3) is 11.8 Å². The van der Waals surface area contributed by atoms with Crippen molar-refractivity contribution < 1.29 is 27.5 Å². The van der Waals surface area contributed by atoms with Crippen molar-refractivity contribution in [1.29, 1.82) is 0 Å². The van der Waals surface area contributed by atoms with Gasteiger partial charge < -0.3 is 15.0 Å². The Labute approximate surface area is 217 Å². The van der Waals surface area contributed by atoms with Gasteiger partial charge in [0.2, 0.25) is 15.9 Å². The first-order valence-electron chi connectivity index (χ1n) is 12.5. The fourth-order valence-electron chi connectivity index (χ4n) is 4.50. The van der Waals surface area contributed by atoms with E-state index in [9.17, 15) is 22.8 Å². The summed E-state index contributed by atoms with van der Waals surface area (Å²) in [4.78, 5) is 41.3. The molecular weight excluding hydrogens is 496 g/mol. The van der Waals surface area contributed by atoms with E-state index in [-0.39, 0.29) is 35.4 Å². The Morgan fingerprint density at radius 2 is 1.68 bits per heavy atom. The molecule has 10 nitrogen and oxygen atoms in total. The van der Waals surface area contributed by atoms with Gasteiger partial charge in [0.1, 0.15) is 12.3 Å². The first kappa shape index (κ1) is 26.6. The summed E-state index contributed by atoms with van der Waals surface area (Å²) in [5.74, 6) is -0.518.